The van der Waals surface area contributed by atoms with E-state index in [-0.39, 0.29) is 5.92 Å². The van der Waals surface area contributed by atoms with Gasteiger partial charge in [0.25, 0.3) is 0 Å². The van der Waals surface area contributed by atoms with Crippen molar-refractivity contribution in [1.29, 1.82) is 0 Å². The van der Waals surface area contributed by atoms with Crippen molar-refractivity contribution in [3.63, 3.8) is 0 Å². The maximum absolute atomic E-state index is 10.3. The Balaban J connectivity index is 2.05. The van der Waals surface area contributed by atoms with Gasteiger partial charge in [0.1, 0.15) is 12.6 Å². The Bertz CT molecular complexity index is 234. The summed E-state index contributed by atoms with van der Waals surface area (Å²) in [6.07, 6.45) is 5.61. The topological polar surface area (TPSA) is 60.7 Å². The van der Waals surface area contributed by atoms with Gasteiger partial charge in [-0.05, 0) is 23.3 Å². The molecule has 5 heteroatoms. The molecule has 0 radical (unpaired) electrons. The summed E-state index contributed by atoms with van der Waals surface area (Å²) in [6, 6.07) is 0. The monoisotopic (exact) mass is 182 g/mol. The van der Waals surface area contributed by atoms with Crippen LogP contribution in [-0.2, 0) is 11.3 Å². The Labute approximate surface area is 77.1 Å². The van der Waals surface area contributed by atoms with E-state index < -0.39 is 0 Å². The second-order valence-electron chi connectivity index (χ2n) is 3.18. The van der Waals surface area contributed by atoms with Crippen LogP contribution in [0.5, 0.6) is 0 Å². The van der Waals surface area contributed by atoms with Crippen LogP contribution in [0.15, 0.2) is 6.33 Å². The predicted octanol–water partition coefficient (Wildman–Crippen LogP) is 0.678. The number of hydrogen-bond acceptors (Lipinski definition) is 4. The molecule has 0 spiro atoms. The first kappa shape index (κ1) is 9.83. The van der Waals surface area contributed by atoms with Crippen molar-refractivity contribution >= 4 is 6.29 Å². The maximum atomic E-state index is 10.3. The molecule has 0 saturated carbocycles. The number of aryl methyl sites for hydroxylation is 1. The van der Waals surface area contributed by atoms with Crippen LogP contribution < -0.4 is 0 Å². The van der Waals surface area contributed by atoms with Gasteiger partial charge in [0, 0.05) is 12.5 Å². The summed E-state index contributed by atoms with van der Waals surface area (Å²) >= 11 is 0. The van der Waals surface area contributed by atoms with Crippen molar-refractivity contribution in [3.8, 4) is 0 Å². The van der Waals surface area contributed by atoms with E-state index >= 15 is 0 Å². The SMILES string of the molecule is CC(C=O)CCCCn1cnnn1. The first-order valence-electron chi connectivity index (χ1n) is 4.49. The fraction of sp³-hybridized carbons (Fsp3) is 0.750. The van der Waals surface area contributed by atoms with Gasteiger partial charge >= 0.3 is 0 Å². The molecule has 0 aliphatic rings. The fourth-order valence-corrected chi connectivity index (χ4v) is 1.09. The third-order valence-electron chi connectivity index (χ3n) is 1.92. The highest BCUT2D eigenvalue weighted by atomic mass is 16.1. The van der Waals surface area contributed by atoms with Gasteiger partial charge in [0.15, 0.2) is 0 Å². The van der Waals surface area contributed by atoms with E-state index in [0.29, 0.717) is 0 Å². The van der Waals surface area contributed by atoms with Crippen molar-refractivity contribution in [2.45, 2.75) is 32.7 Å². The minimum Gasteiger partial charge on any atom is -0.303 e. The average Bonchev–Trinajstić information content (AvgIpc) is 2.64. The molecule has 1 unspecified atom stereocenters. The van der Waals surface area contributed by atoms with E-state index in [1.165, 1.54) is 0 Å². The summed E-state index contributed by atoms with van der Waals surface area (Å²) in [5.74, 6) is 0.175. The highest BCUT2D eigenvalue weighted by molar-refractivity contribution is 5.52. The molecule has 0 aliphatic carbocycles. The molecular weight excluding hydrogens is 168 g/mol. The summed E-state index contributed by atoms with van der Waals surface area (Å²) in [6.45, 7) is 2.77. The summed E-state index contributed by atoms with van der Waals surface area (Å²) in [4.78, 5) is 10.3. The van der Waals surface area contributed by atoms with Gasteiger partial charge in [-0.25, -0.2) is 4.68 Å². The van der Waals surface area contributed by atoms with Gasteiger partial charge in [0.2, 0.25) is 0 Å². The molecule has 0 saturated heterocycles. The predicted molar refractivity (Wildman–Crippen MR) is 46.9 cm³/mol. The van der Waals surface area contributed by atoms with Gasteiger partial charge in [0.05, 0.1) is 0 Å². The van der Waals surface area contributed by atoms with Crippen molar-refractivity contribution in [2.75, 3.05) is 0 Å². The molecule has 0 bridgehead atoms. The molecule has 72 valence electrons. The Morgan fingerprint density at radius 1 is 1.54 bits per heavy atom. The Morgan fingerprint density at radius 2 is 2.38 bits per heavy atom. The molecule has 0 N–H and O–H groups in total. The van der Waals surface area contributed by atoms with E-state index in [1.54, 1.807) is 11.0 Å². The van der Waals surface area contributed by atoms with Crippen LogP contribution in [0, 0.1) is 5.92 Å². The normalized spacial score (nSPS) is 12.7. The highest BCUT2D eigenvalue weighted by Gasteiger charge is 1.99. The molecule has 1 rings (SSSR count). The highest BCUT2D eigenvalue weighted by Crippen LogP contribution is 2.05. The molecule has 13 heavy (non-hydrogen) atoms. The van der Waals surface area contributed by atoms with Crippen molar-refractivity contribution in [1.82, 2.24) is 20.2 Å². The molecule has 1 aromatic heterocycles. The van der Waals surface area contributed by atoms with Gasteiger partial charge in [-0.1, -0.05) is 13.3 Å². The quantitative estimate of drug-likeness (QED) is 0.479. The van der Waals surface area contributed by atoms with Crippen LogP contribution in [0.1, 0.15) is 26.2 Å². The minimum absolute atomic E-state index is 0.175. The summed E-state index contributed by atoms with van der Waals surface area (Å²) in [7, 11) is 0. The number of hydrogen-bond donors (Lipinski definition) is 0. The zero-order chi connectivity index (χ0) is 9.52. The smallest absolute Gasteiger partial charge is 0.138 e. The number of tetrazole rings is 1. The zero-order valence-electron chi connectivity index (χ0n) is 7.76. The second kappa shape index (κ2) is 5.40. The first-order valence-corrected chi connectivity index (χ1v) is 4.49. The lowest BCUT2D eigenvalue weighted by Crippen LogP contribution is -2.01. The summed E-state index contributed by atoms with van der Waals surface area (Å²) < 4.78 is 1.70. The van der Waals surface area contributed by atoms with E-state index in [0.717, 1.165) is 32.1 Å². The molecule has 0 amide bonds. The maximum Gasteiger partial charge on any atom is 0.138 e. The molecule has 1 heterocycles. The average molecular weight is 182 g/mol. The number of carbonyl (C=O) groups is 1. The first-order chi connectivity index (χ1) is 6.33. The lowest BCUT2D eigenvalue weighted by Gasteiger charge is -2.02. The lowest BCUT2D eigenvalue weighted by molar-refractivity contribution is -0.110. The van der Waals surface area contributed by atoms with Gasteiger partial charge in [-0.3, -0.25) is 0 Å². The Kier molecular flexibility index (Phi) is 4.08. The summed E-state index contributed by atoms with van der Waals surface area (Å²) in [5.41, 5.74) is 0. The van der Waals surface area contributed by atoms with Gasteiger partial charge in [-0.15, -0.1) is 5.10 Å². The third-order valence-corrected chi connectivity index (χ3v) is 1.92. The van der Waals surface area contributed by atoms with E-state index in [9.17, 15) is 4.79 Å². The van der Waals surface area contributed by atoms with Gasteiger partial charge in [-0.2, -0.15) is 0 Å². The van der Waals surface area contributed by atoms with Gasteiger partial charge < -0.3 is 4.79 Å². The standard InChI is InChI=1S/C8H14N4O/c1-8(6-13)4-2-3-5-12-7-9-10-11-12/h6-8H,2-5H2,1H3. The number of aromatic nitrogens is 4. The lowest BCUT2D eigenvalue weighted by atomic mass is 10.1. The molecule has 0 aromatic carbocycles. The molecule has 5 nitrogen and oxygen atoms in total. The van der Waals surface area contributed by atoms with E-state index in [4.69, 9.17) is 0 Å². The van der Waals surface area contributed by atoms with Crippen LogP contribution in [0.2, 0.25) is 0 Å². The van der Waals surface area contributed by atoms with Crippen molar-refractivity contribution < 1.29 is 4.79 Å². The summed E-state index contributed by atoms with van der Waals surface area (Å²) in [5, 5.41) is 10.8. The van der Waals surface area contributed by atoms with E-state index in [1.807, 2.05) is 6.92 Å². The van der Waals surface area contributed by atoms with Crippen molar-refractivity contribution in [3.05, 3.63) is 6.33 Å². The molecule has 0 fully saturated rings. The number of carbonyl (C=O) groups excluding carboxylic acids is 1. The van der Waals surface area contributed by atoms with E-state index in [2.05, 4.69) is 15.5 Å². The second-order valence-corrected chi connectivity index (χ2v) is 3.18. The molecule has 1 atom stereocenters. The molecular formula is C8H14N4O. The van der Waals surface area contributed by atoms with Crippen LogP contribution in [0.3, 0.4) is 0 Å². The Hall–Kier alpha value is -1.26. The molecule has 0 aliphatic heterocycles. The fourth-order valence-electron chi connectivity index (χ4n) is 1.09. The van der Waals surface area contributed by atoms with Crippen LogP contribution in [0.4, 0.5) is 0 Å². The third kappa shape index (κ3) is 3.78. The number of nitrogens with zero attached hydrogens (tertiary/aromatic N) is 4. The zero-order valence-corrected chi connectivity index (χ0v) is 7.76. The van der Waals surface area contributed by atoms with Crippen LogP contribution in [0.25, 0.3) is 0 Å². The van der Waals surface area contributed by atoms with Crippen LogP contribution >= 0.6 is 0 Å². The number of aldehydes is 1. The largest absolute Gasteiger partial charge is 0.303 e. The minimum atomic E-state index is 0.175. The van der Waals surface area contributed by atoms with Crippen LogP contribution in [-0.4, -0.2) is 26.5 Å². The molecule has 1 aromatic rings. The van der Waals surface area contributed by atoms with Crippen molar-refractivity contribution in [2.24, 2.45) is 5.92 Å². The number of rotatable bonds is 6. The number of unbranched alkanes of at least 4 members (excludes halogenated alkanes) is 1. The Morgan fingerprint density at radius 3 is 3.00 bits per heavy atom.